The third-order valence-electron chi connectivity index (χ3n) is 16.5. The van der Waals surface area contributed by atoms with Gasteiger partial charge in [-0.1, -0.05) is 175 Å². The Morgan fingerprint density at radius 2 is 0.716 bits per heavy atom. The highest BCUT2D eigenvalue weighted by atomic mass is 16.5. The molecule has 16 rings (SSSR count). The summed E-state index contributed by atoms with van der Waals surface area (Å²) in [5.41, 5.74) is 20.6. The average Bonchev–Trinajstić information content (AvgIpc) is 4.30. The molecule has 0 aliphatic carbocycles. The fourth-order valence-corrected chi connectivity index (χ4v) is 12.8. The normalized spacial score (nSPS) is 12.2. The number of aryl methyl sites for hydroxylation is 2. The molecule has 2 aromatic heterocycles. The Bertz CT molecular complexity index is 4500. The summed E-state index contributed by atoms with van der Waals surface area (Å²) in [6, 6.07) is 98.5. The Labute approximate surface area is 470 Å². The lowest BCUT2D eigenvalue weighted by atomic mass is 9.35. The van der Waals surface area contributed by atoms with Gasteiger partial charge in [-0.05, 0) is 133 Å². The molecule has 14 aromatic rings. The van der Waals surface area contributed by atoms with Crippen LogP contribution in [0.5, 0.6) is 23.0 Å². The maximum atomic E-state index is 7.29. The van der Waals surface area contributed by atoms with E-state index in [2.05, 4.69) is 306 Å². The Morgan fingerprint density at radius 3 is 1.17 bits per heavy atom. The fourth-order valence-electron chi connectivity index (χ4n) is 12.8. The second-order valence-corrected chi connectivity index (χ2v) is 21.4. The monoisotopic (exact) mass is 1040 g/mol. The lowest BCUT2D eigenvalue weighted by Crippen LogP contribution is -2.57. The third-order valence-corrected chi connectivity index (χ3v) is 16.5. The van der Waals surface area contributed by atoms with Crippen molar-refractivity contribution >= 4 is 101 Å². The first-order chi connectivity index (χ1) is 40.0. The highest BCUT2D eigenvalue weighted by molar-refractivity contribution is 6.98. The largest absolute Gasteiger partial charge is 0.458 e. The van der Waals surface area contributed by atoms with Crippen LogP contribution in [0, 0.1) is 13.8 Å². The molecule has 12 aromatic carbocycles. The van der Waals surface area contributed by atoms with Gasteiger partial charge in [0.15, 0.2) is 0 Å². The van der Waals surface area contributed by atoms with E-state index in [0.29, 0.717) is 0 Å². The van der Waals surface area contributed by atoms with Crippen molar-refractivity contribution in [3.05, 3.63) is 284 Å². The summed E-state index contributed by atoms with van der Waals surface area (Å²) in [6.07, 6.45) is 0. The molecule has 0 unspecified atom stereocenters. The van der Waals surface area contributed by atoms with E-state index in [9.17, 15) is 0 Å². The maximum absolute atomic E-state index is 7.29. The first kappa shape index (κ1) is 46.6. The van der Waals surface area contributed by atoms with Crippen molar-refractivity contribution in [3.63, 3.8) is 0 Å². The van der Waals surface area contributed by atoms with Crippen LogP contribution in [0.4, 0.5) is 34.1 Å². The zero-order chi connectivity index (χ0) is 53.7. The van der Waals surface area contributed by atoms with Crippen LogP contribution in [0.25, 0.3) is 66.1 Å². The second-order valence-electron chi connectivity index (χ2n) is 21.4. The van der Waals surface area contributed by atoms with Crippen LogP contribution < -0.4 is 35.7 Å². The van der Waals surface area contributed by atoms with Gasteiger partial charge in [0.2, 0.25) is 0 Å². The summed E-state index contributed by atoms with van der Waals surface area (Å²) in [6.45, 7) is 4.10. The van der Waals surface area contributed by atoms with E-state index in [-0.39, 0.29) is 6.71 Å². The molecule has 81 heavy (non-hydrogen) atoms. The molecule has 0 saturated heterocycles. The molecule has 0 atom stereocenters. The van der Waals surface area contributed by atoms with Crippen molar-refractivity contribution in [2.24, 2.45) is 0 Å². The summed E-state index contributed by atoms with van der Waals surface area (Å²) in [5, 5.41) is 4.77. The van der Waals surface area contributed by atoms with Gasteiger partial charge in [0.25, 0.3) is 6.71 Å². The van der Waals surface area contributed by atoms with Gasteiger partial charge in [-0.3, -0.25) is 0 Å². The molecule has 6 nitrogen and oxygen atoms in total. The Balaban J connectivity index is 0.898. The van der Waals surface area contributed by atoms with Crippen LogP contribution in [0.1, 0.15) is 11.1 Å². The standard InChI is InChI=1S/C74H51BN4O2/c1-48-32-36-54(37-33-48)76(66-30-16-26-60-58-24-12-14-28-64(58)78(73(60)66)52-20-8-4-9-21-52)56-40-42-62-68(46-56)80-70-44-51(50-18-6-3-7-19-50)45-71-72(70)75(62)63-43-41-57(47-69(63)81-71)77(55-38-34-49(2)35-39-55)67-31-17-27-61-59-25-13-15-29-65(59)79(74(61)67)53-22-10-5-11-23-53/h3-47H,1-2H3. The molecule has 0 spiro atoms. The van der Waals surface area contributed by atoms with E-state index >= 15 is 0 Å². The predicted octanol–water partition coefficient (Wildman–Crippen LogP) is 17.8. The number of anilines is 6. The van der Waals surface area contributed by atoms with Crippen molar-refractivity contribution in [1.29, 1.82) is 0 Å². The SMILES string of the molecule is Cc1ccc(N(c2ccc3c(c2)Oc2cc(-c4ccccc4)cc4c2B3c2ccc(N(c3ccc(C)cc3)c3cccc5c6ccccc6n(-c6ccccc6)c35)cc2O4)c2cccc3c4ccccc4n(-c4ccccc4)c23)cc1. The van der Waals surface area contributed by atoms with Gasteiger partial charge >= 0.3 is 0 Å². The number of para-hydroxylation sites is 6. The summed E-state index contributed by atoms with van der Waals surface area (Å²) >= 11 is 0. The van der Waals surface area contributed by atoms with Crippen molar-refractivity contribution in [3.8, 4) is 45.5 Å². The van der Waals surface area contributed by atoms with Crippen molar-refractivity contribution in [2.45, 2.75) is 13.8 Å². The van der Waals surface area contributed by atoms with Crippen LogP contribution in [0.2, 0.25) is 0 Å². The number of ether oxygens (including phenoxy) is 2. The van der Waals surface area contributed by atoms with E-state index < -0.39 is 0 Å². The zero-order valence-corrected chi connectivity index (χ0v) is 44.7. The minimum Gasteiger partial charge on any atom is -0.458 e. The van der Waals surface area contributed by atoms with E-state index in [1.54, 1.807) is 0 Å². The van der Waals surface area contributed by atoms with Gasteiger partial charge < -0.3 is 28.4 Å². The van der Waals surface area contributed by atoms with Gasteiger partial charge in [0.1, 0.15) is 23.0 Å². The molecule has 2 aliphatic rings. The third kappa shape index (κ3) is 7.50. The first-order valence-electron chi connectivity index (χ1n) is 27.8. The van der Waals surface area contributed by atoms with E-state index in [0.717, 1.165) is 118 Å². The molecular weight excluding hydrogens is 988 g/mol. The Morgan fingerprint density at radius 1 is 0.321 bits per heavy atom. The molecule has 382 valence electrons. The molecule has 0 amide bonds. The topological polar surface area (TPSA) is 34.8 Å². The molecule has 4 heterocycles. The number of benzene rings is 12. The Kier molecular flexibility index (Phi) is 10.7. The first-order valence-corrected chi connectivity index (χ1v) is 27.8. The number of rotatable bonds is 9. The summed E-state index contributed by atoms with van der Waals surface area (Å²) in [5.74, 6) is 3.16. The van der Waals surface area contributed by atoms with Crippen molar-refractivity contribution in [1.82, 2.24) is 9.13 Å². The lowest BCUT2D eigenvalue weighted by molar-refractivity contribution is 0.465. The van der Waals surface area contributed by atoms with Crippen molar-refractivity contribution < 1.29 is 9.47 Å². The molecular formula is C74H51BN4O2. The fraction of sp³-hybridized carbons (Fsp3) is 0.0270. The summed E-state index contributed by atoms with van der Waals surface area (Å²) in [7, 11) is 0. The molecule has 0 saturated carbocycles. The minimum absolute atomic E-state index is 0.191. The van der Waals surface area contributed by atoms with E-state index in [4.69, 9.17) is 9.47 Å². The van der Waals surface area contributed by atoms with Crippen LogP contribution in [0.3, 0.4) is 0 Å². The number of aromatic nitrogens is 2. The van der Waals surface area contributed by atoms with Crippen LogP contribution in [-0.2, 0) is 0 Å². The highest BCUT2D eigenvalue weighted by Gasteiger charge is 2.41. The van der Waals surface area contributed by atoms with E-state index in [1.807, 2.05) is 0 Å². The molecule has 0 radical (unpaired) electrons. The molecule has 0 N–H and O–H groups in total. The average molecular weight is 1040 g/mol. The van der Waals surface area contributed by atoms with Crippen LogP contribution in [-0.4, -0.2) is 15.8 Å². The zero-order valence-electron chi connectivity index (χ0n) is 44.7. The van der Waals surface area contributed by atoms with Gasteiger partial charge in [-0.25, -0.2) is 0 Å². The van der Waals surface area contributed by atoms with Crippen LogP contribution >= 0.6 is 0 Å². The van der Waals surface area contributed by atoms with Crippen LogP contribution in [0.15, 0.2) is 273 Å². The molecule has 2 aliphatic heterocycles. The maximum Gasteiger partial charge on any atom is 0.260 e. The number of hydrogen-bond acceptors (Lipinski definition) is 4. The van der Waals surface area contributed by atoms with Gasteiger partial charge in [-0.2, -0.15) is 0 Å². The lowest BCUT2D eigenvalue weighted by Gasteiger charge is -2.35. The number of nitrogens with zero attached hydrogens (tertiary/aromatic N) is 4. The predicted molar refractivity (Wildman–Crippen MR) is 337 cm³/mol. The number of hydrogen-bond donors (Lipinski definition) is 0. The van der Waals surface area contributed by atoms with Gasteiger partial charge in [-0.15, -0.1) is 0 Å². The van der Waals surface area contributed by atoms with E-state index in [1.165, 1.54) is 32.7 Å². The summed E-state index contributed by atoms with van der Waals surface area (Å²) in [4.78, 5) is 4.79. The second kappa shape index (κ2) is 18.6. The van der Waals surface area contributed by atoms with Gasteiger partial charge in [0, 0.05) is 73.3 Å². The Hall–Kier alpha value is -10.5. The van der Waals surface area contributed by atoms with Gasteiger partial charge in [0.05, 0.1) is 33.4 Å². The molecule has 7 heteroatoms. The minimum atomic E-state index is -0.191. The highest BCUT2D eigenvalue weighted by Crippen LogP contribution is 2.48. The smallest absolute Gasteiger partial charge is 0.260 e. The van der Waals surface area contributed by atoms with Crippen molar-refractivity contribution in [2.75, 3.05) is 9.80 Å². The number of fused-ring (bicyclic) bond motifs is 10. The molecule has 0 bridgehead atoms. The summed E-state index contributed by atoms with van der Waals surface area (Å²) < 4.78 is 19.4. The quantitative estimate of drug-likeness (QED) is 0.135. The molecule has 0 fully saturated rings.